The van der Waals surface area contributed by atoms with E-state index >= 15 is 0 Å². The first-order chi connectivity index (χ1) is 8.58. The van der Waals surface area contributed by atoms with Gasteiger partial charge < -0.3 is 5.32 Å². The minimum absolute atomic E-state index is 0.280. The summed E-state index contributed by atoms with van der Waals surface area (Å²) in [5, 5.41) is 2.55. The molecule has 1 N–H and O–H groups in total. The number of amides is 1. The summed E-state index contributed by atoms with van der Waals surface area (Å²) < 4.78 is 27.2. The molecule has 5 heteroatoms. The molecule has 18 heavy (non-hydrogen) atoms. The molecule has 0 spiro atoms. The molecule has 0 atom stereocenters. The highest BCUT2D eigenvalue weighted by atomic mass is 79.9. The van der Waals surface area contributed by atoms with Crippen molar-refractivity contribution < 1.29 is 13.6 Å². The van der Waals surface area contributed by atoms with Crippen molar-refractivity contribution in [2.45, 2.75) is 25.7 Å². The van der Waals surface area contributed by atoms with Gasteiger partial charge in [-0.15, -0.1) is 0 Å². The van der Waals surface area contributed by atoms with E-state index in [-0.39, 0.29) is 4.47 Å². The molecule has 0 aromatic heterocycles. The second kappa shape index (κ2) is 5.78. The Bertz CT molecular complexity index is 437. The van der Waals surface area contributed by atoms with Crippen LogP contribution in [0.4, 0.5) is 8.78 Å². The smallest absolute Gasteiger partial charge is 0.257 e. The topological polar surface area (TPSA) is 29.1 Å². The zero-order valence-electron chi connectivity index (χ0n) is 9.81. The number of carbonyl (C=O) groups excluding carboxylic acids is 1. The Kier molecular flexibility index (Phi) is 4.32. The van der Waals surface area contributed by atoms with Crippen molar-refractivity contribution in [1.29, 1.82) is 0 Å². The Morgan fingerprint density at radius 1 is 1.33 bits per heavy atom. The monoisotopic (exact) mass is 317 g/mol. The van der Waals surface area contributed by atoms with E-state index in [2.05, 4.69) is 21.2 Å². The highest BCUT2D eigenvalue weighted by molar-refractivity contribution is 9.10. The van der Waals surface area contributed by atoms with Gasteiger partial charge in [0.25, 0.3) is 5.91 Å². The fourth-order valence-electron chi connectivity index (χ4n) is 1.85. The molecule has 0 unspecified atom stereocenters. The van der Waals surface area contributed by atoms with Crippen LogP contribution in [0.15, 0.2) is 16.6 Å². The highest BCUT2D eigenvalue weighted by Gasteiger charge is 2.21. The average Bonchev–Trinajstić information content (AvgIpc) is 3.06. The Morgan fingerprint density at radius 3 is 2.50 bits per heavy atom. The summed E-state index contributed by atoms with van der Waals surface area (Å²) in [5.74, 6) is -1.58. The van der Waals surface area contributed by atoms with E-state index in [1.54, 1.807) is 0 Å². The second-order valence-electron chi connectivity index (χ2n) is 4.59. The van der Waals surface area contributed by atoms with Gasteiger partial charge in [0.1, 0.15) is 17.2 Å². The summed E-state index contributed by atoms with van der Waals surface area (Å²) in [6.45, 7) is 0.463. The highest BCUT2D eigenvalue weighted by Crippen LogP contribution is 2.33. The third-order valence-corrected chi connectivity index (χ3v) is 3.46. The Labute approximate surface area is 113 Å². The van der Waals surface area contributed by atoms with Gasteiger partial charge in [-0.25, -0.2) is 8.78 Å². The number of halogens is 3. The normalized spacial score (nSPS) is 14.6. The largest absolute Gasteiger partial charge is 0.352 e. The number of nitrogens with one attached hydrogen (secondary N) is 1. The van der Waals surface area contributed by atoms with E-state index in [4.69, 9.17) is 0 Å². The summed E-state index contributed by atoms with van der Waals surface area (Å²) in [7, 11) is 0. The molecule has 1 saturated carbocycles. The zero-order chi connectivity index (χ0) is 13.1. The molecule has 1 aromatic rings. The Balaban J connectivity index is 1.91. The molecule has 1 fully saturated rings. The number of carbonyl (C=O) groups is 1. The van der Waals surface area contributed by atoms with Crippen LogP contribution in [0.25, 0.3) is 0 Å². The van der Waals surface area contributed by atoms with Gasteiger partial charge >= 0.3 is 0 Å². The van der Waals surface area contributed by atoms with Gasteiger partial charge in [0.05, 0.1) is 0 Å². The SMILES string of the molecule is O=C(NCCCC1CC1)c1c(F)cc(Br)cc1F. The molecule has 0 saturated heterocycles. The predicted molar refractivity (Wildman–Crippen MR) is 68.3 cm³/mol. The summed E-state index contributed by atoms with van der Waals surface area (Å²) in [6.07, 6.45) is 4.47. The van der Waals surface area contributed by atoms with Crippen molar-refractivity contribution in [3.05, 3.63) is 33.8 Å². The molecule has 1 aliphatic carbocycles. The van der Waals surface area contributed by atoms with Crippen LogP contribution in [-0.4, -0.2) is 12.5 Å². The van der Waals surface area contributed by atoms with Crippen LogP contribution in [0.2, 0.25) is 0 Å². The fourth-order valence-corrected chi connectivity index (χ4v) is 2.25. The van der Waals surface area contributed by atoms with Crippen molar-refractivity contribution in [2.75, 3.05) is 6.54 Å². The number of hydrogen-bond acceptors (Lipinski definition) is 1. The van der Waals surface area contributed by atoms with Crippen molar-refractivity contribution >= 4 is 21.8 Å². The van der Waals surface area contributed by atoms with Gasteiger partial charge in [0, 0.05) is 11.0 Å². The molecule has 1 amide bonds. The number of rotatable bonds is 5. The Hall–Kier alpha value is -0.970. The zero-order valence-corrected chi connectivity index (χ0v) is 11.4. The number of hydrogen-bond donors (Lipinski definition) is 1. The first-order valence-electron chi connectivity index (χ1n) is 6.00. The Morgan fingerprint density at radius 2 is 1.94 bits per heavy atom. The molecule has 1 aliphatic rings. The third kappa shape index (κ3) is 3.51. The molecule has 0 heterocycles. The van der Waals surface area contributed by atoms with Crippen LogP contribution in [0.1, 0.15) is 36.0 Å². The lowest BCUT2D eigenvalue weighted by Crippen LogP contribution is -2.26. The maximum absolute atomic E-state index is 13.5. The maximum atomic E-state index is 13.5. The van der Waals surface area contributed by atoms with Crippen molar-refractivity contribution in [3.8, 4) is 0 Å². The molecule has 98 valence electrons. The van der Waals surface area contributed by atoms with E-state index < -0.39 is 23.1 Å². The summed E-state index contributed by atoms with van der Waals surface area (Å²) >= 11 is 2.97. The van der Waals surface area contributed by atoms with Gasteiger partial charge in [-0.3, -0.25) is 4.79 Å². The van der Waals surface area contributed by atoms with Crippen LogP contribution in [-0.2, 0) is 0 Å². The first kappa shape index (κ1) is 13.5. The van der Waals surface area contributed by atoms with Crippen molar-refractivity contribution in [2.24, 2.45) is 5.92 Å². The van der Waals surface area contributed by atoms with Crippen molar-refractivity contribution in [3.63, 3.8) is 0 Å². The minimum Gasteiger partial charge on any atom is -0.352 e. The van der Waals surface area contributed by atoms with E-state index in [0.717, 1.165) is 30.9 Å². The molecular weight excluding hydrogens is 304 g/mol. The van der Waals surface area contributed by atoms with Gasteiger partial charge in [-0.1, -0.05) is 28.8 Å². The standard InChI is InChI=1S/C13H14BrF2NO/c14-9-6-10(15)12(11(16)7-9)13(18)17-5-1-2-8-3-4-8/h6-8H,1-5H2,(H,17,18). The quantitative estimate of drug-likeness (QED) is 0.825. The average molecular weight is 318 g/mol. The summed E-state index contributed by atoms with van der Waals surface area (Å²) in [4.78, 5) is 11.7. The van der Waals surface area contributed by atoms with Gasteiger partial charge in [-0.05, 0) is 30.9 Å². The van der Waals surface area contributed by atoms with Crippen LogP contribution in [0.3, 0.4) is 0 Å². The molecule has 0 radical (unpaired) electrons. The van der Waals surface area contributed by atoms with Crippen molar-refractivity contribution in [1.82, 2.24) is 5.32 Å². The van der Waals surface area contributed by atoms with Crippen LogP contribution >= 0.6 is 15.9 Å². The van der Waals surface area contributed by atoms with Crippen LogP contribution in [0.5, 0.6) is 0 Å². The van der Waals surface area contributed by atoms with Gasteiger partial charge in [0.2, 0.25) is 0 Å². The van der Waals surface area contributed by atoms with E-state index in [9.17, 15) is 13.6 Å². The van der Waals surface area contributed by atoms with Gasteiger partial charge in [0.15, 0.2) is 0 Å². The third-order valence-electron chi connectivity index (χ3n) is 3.01. The predicted octanol–water partition coefficient (Wildman–Crippen LogP) is 3.65. The molecule has 0 bridgehead atoms. The maximum Gasteiger partial charge on any atom is 0.257 e. The molecule has 2 nitrogen and oxygen atoms in total. The minimum atomic E-state index is -0.846. The van der Waals surface area contributed by atoms with E-state index in [1.165, 1.54) is 12.8 Å². The second-order valence-corrected chi connectivity index (χ2v) is 5.50. The molecule has 2 rings (SSSR count). The number of benzene rings is 1. The summed E-state index contributed by atoms with van der Waals surface area (Å²) in [6, 6.07) is 2.17. The summed E-state index contributed by atoms with van der Waals surface area (Å²) in [5.41, 5.74) is -0.510. The molecule has 0 aliphatic heterocycles. The lowest BCUT2D eigenvalue weighted by atomic mass is 10.1. The van der Waals surface area contributed by atoms with Crippen LogP contribution < -0.4 is 5.32 Å². The molecule has 1 aromatic carbocycles. The van der Waals surface area contributed by atoms with Crippen LogP contribution in [0, 0.1) is 17.6 Å². The lowest BCUT2D eigenvalue weighted by Gasteiger charge is -2.07. The van der Waals surface area contributed by atoms with Gasteiger partial charge in [-0.2, -0.15) is 0 Å². The fraction of sp³-hybridized carbons (Fsp3) is 0.462. The first-order valence-corrected chi connectivity index (χ1v) is 6.80. The van der Waals surface area contributed by atoms with E-state index in [0.29, 0.717) is 6.54 Å². The lowest BCUT2D eigenvalue weighted by molar-refractivity contribution is 0.0944. The van der Waals surface area contributed by atoms with E-state index in [1.807, 2.05) is 0 Å². The molecular formula is C13H14BrF2NO.